The summed E-state index contributed by atoms with van der Waals surface area (Å²) in [6.45, 7) is 0.677. The van der Waals surface area contributed by atoms with Crippen molar-refractivity contribution in [3.05, 3.63) is 59.2 Å². The van der Waals surface area contributed by atoms with Gasteiger partial charge in [-0.1, -0.05) is 18.2 Å². The summed E-state index contributed by atoms with van der Waals surface area (Å²) in [5.41, 5.74) is 3.09. The number of hydrogen-bond acceptors (Lipinski definition) is 6. The molecule has 2 aromatic rings. The highest BCUT2D eigenvalue weighted by atomic mass is 32.1. The molecule has 0 aliphatic carbocycles. The Morgan fingerprint density at radius 2 is 1.85 bits per heavy atom. The van der Waals surface area contributed by atoms with Crippen molar-refractivity contribution in [3.63, 3.8) is 0 Å². The topological polar surface area (TPSA) is 91.9 Å². The van der Waals surface area contributed by atoms with E-state index in [9.17, 15) is 4.79 Å². The number of aliphatic imine (C=N–C) groups is 1. The van der Waals surface area contributed by atoms with Crippen LogP contribution in [-0.2, 0) is 6.42 Å². The quantitative estimate of drug-likeness (QED) is 0.790. The minimum Gasteiger partial charge on any atom is -0.493 e. The first kappa shape index (κ1) is 20.3. The molecule has 2 aromatic carbocycles. The maximum Gasteiger partial charge on any atom is 0.335 e. The highest BCUT2D eigenvalue weighted by molar-refractivity contribution is 7.82. The standard InChI is InChI=1S/C13H14N2O2S.C7H6O2/c1-16-10-5-8-3-4-15-13(12(18)7-14)9(8)6-11(10)17-2;8-7(9)6-4-2-1-3-5-6/h5-6,12,18H,3-4H2,1-2H3;1-5H,(H,8,9). The summed E-state index contributed by atoms with van der Waals surface area (Å²) < 4.78 is 10.6. The molecule has 1 heterocycles. The average Bonchev–Trinajstić information content (AvgIpc) is 2.72. The monoisotopic (exact) mass is 384 g/mol. The van der Waals surface area contributed by atoms with Gasteiger partial charge in [0.2, 0.25) is 0 Å². The second-order valence-electron chi connectivity index (χ2n) is 5.58. The lowest BCUT2D eigenvalue weighted by Gasteiger charge is -2.20. The number of carboxylic acids is 1. The molecule has 1 aliphatic heterocycles. The fourth-order valence-electron chi connectivity index (χ4n) is 2.62. The van der Waals surface area contributed by atoms with Crippen LogP contribution in [0, 0.1) is 11.3 Å². The van der Waals surface area contributed by atoms with Gasteiger partial charge in [0.15, 0.2) is 11.5 Å². The number of carboxylic acid groups (broad SMARTS) is 1. The van der Waals surface area contributed by atoms with Gasteiger partial charge in [-0.15, -0.1) is 0 Å². The molecule has 0 radical (unpaired) electrons. The van der Waals surface area contributed by atoms with E-state index >= 15 is 0 Å². The third-order valence-corrected chi connectivity index (χ3v) is 4.31. The smallest absolute Gasteiger partial charge is 0.335 e. The summed E-state index contributed by atoms with van der Waals surface area (Å²) in [4.78, 5) is 14.6. The number of aromatic carboxylic acids is 1. The summed E-state index contributed by atoms with van der Waals surface area (Å²) >= 11 is 4.25. The Bertz CT molecular complexity index is 876. The first-order valence-corrected chi connectivity index (χ1v) is 8.69. The van der Waals surface area contributed by atoms with E-state index < -0.39 is 11.2 Å². The van der Waals surface area contributed by atoms with Gasteiger partial charge in [-0.05, 0) is 36.2 Å². The van der Waals surface area contributed by atoms with Crippen molar-refractivity contribution in [2.45, 2.75) is 11.7 Å². The molecule has 1 unspecified atom stereocenters. The van der Waals surface area contributed by atoms with E-state index in [0.717, 1.165) is 17.5 Å². The van der Waals surface area contributed by atoms with Gasteiger partial charge < -0.3 is 14.6 Å². The van der Waals surface area contributed by atoms with Crippen molar-refractivity contribution < 1.29 is 19.4 Å². The van der Waals surface area contributed by atoms with Gasteiger partial charge in [-0.25, -0.2) is 4.79 Å². The molecule has 27 heavy (non-hydrogen) atoms. The number of fused-ring (bicyclic) bond motifs is 1. The lowest BCUT2D eigenvalue weighted by molar-refractivity contribution is 0.0697. The van der Waals surface area contributed by atoms with Crippen LogP contribution in [0.4, 0.5) is 0 Å². The number of thiol groups is 1. The summed E-state index contributed by atoms with van der Waals surface area (Å²) in [6.07, 6.45) is 0.838. The van der Waals surface area contributed by atoms with E-state index in [1.165, 1.54) is 0 Å². The molecular weight excluding hydrogens is 364 g/mol. The third-order valence-electron chi connectivity index (χ3n) is 3.95. The minimum absolute atomic E-state index is 0.331. The summed E-state index contributed by atoms with van der Waals surface area (Å²) in [5.74, 6) is 0.463. The maximum atomic E-state index is 10.2. The van der Waals surface area contributed by atoms with E-state index in [1.807, 2.05) is 12.1 Å². The van der Waals surface area contributed by atoms with Crippen LogP contribution in [-0.4, -0.2) is 42.8 Å². The zero-order valence-electron chi connectivity index (χ0n) is 15.0. The predicted octanol–water partition coefficient (Wildman–Crippen LogP) is 3.26. The van der Waals surface area contributed by atoms with Crippen molar-refractivity contribution >= 4 is 24.3 Å². The number of rotatable bonds is 4. The highest BCUT2D eigenvalue weighted by Crippen LogP contribution is 2.33. The molecule has 0 fully saturated rings. The number of nitriles is 1. The van der Waals surface area contributed by atoms with Gasteiger partial charge in [0.25, 0.3) is 0 Å². The van der Waals surface area contributed by atoms with E-state index in [-0.39, 0.29) is 0 Å². The van der Waals surface area contributed by atoms with Gasteiger partial charge in [-0.2, -0.15) is 17.9 Å². The first-order valence-electron chi connectivity index (χ1n) is 8.17. The lowest BCUT2D eigenvalue weighted by atomic mass is 9.95. The van der Waals surface area contributed by atoms with Crippen molar-refractivity contribution in [1.82, 2.24) is 0 Å². The van der Waals surface area contributed by atoms with E-state index in [2.05, 4.69) is 23.7 Å². The van der Waals surface area contributed by atoms with Gasteiger partial charge in [0.05, 0.1) is 31.6 Å². The Morgan fingerprint density at radius 1 is 1.22 bits per heavy atom. The van der Waals surface area contributed by atoms with Crippen LogP contribution < -0.4 is 9.47 Å². The molecule has 0 saturated carbocycles. The Morgan fingerprint density at radius 3 is 2.37 bits per heavy atom. The normalized spacial score (nSPS) is 13.0. The zero-order chi connectivity index (χ0) is 19.8. The number of methoxy groups -OCH3 is 2. The fraction of sp³-hybridized carbons (Fsp3) is 0.250. The molecule has 0 bridgehead atoms. The third kappa shape index (κ3) is 5.02. The molecule has 0 saturated heterocycles. The number of hydrogen-bond donors (Lipinski definition) is 2. The van der Waals surface area contributed by atoms with Crippen molar-refractivity contribution in [3.8, 4) is 17.6 Å². The largest absolute Gasteiger partial charge is 0.493 e. The molecule has 3 rings (SSSR count). The Balaban J connectivity index is 0.000000244. The molecule has 0 spiro atoms. The van der Waals surface area contributed by atoms with Crippen LogP contribution in [0.25, 0.3) is 0 Å². The summed E-state index contributed by atoms with van der Waals surface area (Å²) in [5, 5.41) is 16.8. The van der Waals surface area contributed by atoms with Crippen LogP contribution in [0.3, 0.4) is 0 Å². The molecule has 1 atom stereocenters. The lowest BCUT2D eigenvalue weighted by Crippen LogP contribution is -2.21. The number of carbonyl (C=O) groups is 1. The molecular formula is C20H20N2O4S. The second-order valence-corrected chi connectivity index (χ2v) is 6.10. The van der Waals surface area contributed by atoms with E-state index in [0.29, 0.717) is 29.3 Å². The molecule has 1 N–H and O–H groups in total. The van der Waals surface area contributed by atoms with Crippen molar-refractivity contribution in [1.29, 1.82) is 5.26 Å². The molecule has 140 valence electrons. The highest BCUT2D eigenvalue weighted by Gasteiger charge is 2.22. The van der Waals surface area contributed by atoms with Crippen molar-refractivity contribution in [2.75, 3.05) is 20.8 Å². The zero-order valence-corrected chi connectivity index (χ0v) is 15.9. The molecule has 0 aromatic heterocycles. The Hall–Kier alpha value is -2.98. The van der Waals surface area contributed by atoms with Crippen LogP contribution in [0.15, 0.2) is 47.5 Å². The first-order chi connectivity index (χ1) is 13.0. The number of benzene rings is 2. The minimum atomic E-state index is -0.879. The maximum absolute atomic E-state index is 10.2. The summed E-state index contributed by atoms with van der Waals surface area (Å²) in [7, 11) is 3.20. The van der Waals surface area contributed by atoms with Gasteiger partial charge in [0, 0.05) is 12.1 Å². The fourth-order valence-corrected chi connectivity index (χ4v) is 2.84. The van der Waals surface area contributed by atoms with Crippen LogP contribution >= 0.6 is 12.6 Å². The van der Waals surface area contributed by atoms with Gasteiger partial charge in [0.1, 0.15) is 5.25 Å². The number of nitrogens with zero attached hydrogens (tertiary/aromatic N) is 2. The number of ether oxygens (including phenoxy) is 2. The SMILES string of the molecule is COc1cc2c(cc1OC)C(C(S)C#N)=NCC2.O=C(O)c1ccccc1. The molecule has 0 amide bonds. The van der Waals surface area contributed by atoms with Crippen LogP contribution in [0.1, 0.15) is 21.5 Å². The summed E-state index contributed by atoms with van der Waals surface area (Å²) in [6, 6.07) is 14.2. The second kappa shape index (κ2) is 9.64. The predicted molar refractivity (Wildman–Crippen MR) is 106 cm³/mol. The van der Waals surface area contributed by atoms with Gasteiger partial charge in [-0.3, -0.25) is 4.99 Å². The molecule has 6 nitrogen and oxygen atoms in total. The van der Waals surface area contributed by atoms with Gasteiger partial charge >= 0.3 is 5.97 Å². The van der Waals surface area contributed by atoms with E-state index in [1.54, 1.807) is 44.6 Å². The Kier molecular flexibility index (Phi) is 7.26. The molecule has 7 heteroatoms. The molecule has 1 aliphatic rings. The van der Waals surface area contributed by atoms with Crippen LogP contribution in [0.5, 0.6) is 11.5 Å². The average molecular weight is 384 g/mol. The van der Waals surface area contributed by atoms with Crippen LogP contribution in [0.2, 0.25) is 0 Å². The van der Waals surface area contributed by atoms with E-state index in [4.69, 9.17) is 19.8 Å². The van der Waals surface area contributed by atoms with Crippen molar-refractivity contribution in [2.24, 2.45) is 4.99 Å². The Labute approximate surface area is 163 Å².